The number of benzene rings is 3. The molecule has 28 heavy (non-hydrogen) atoms. The molecule has 1 heterocycles. The summed E-state index contributed by atoms with van der Waals surface area (Å²) >= 11 is 5.92. The molecule has 3 aromatic carbocycles. The highest BCUT2D eigenvalue weighted by Crippen LogP contribution is 2.37. The summed E-state index contributed by atoms with van der Waals surface area (Å²) in [5.74, 6) is 0.189. The zero-order chi connectivity index (χ0) is 19.7. The third kappa shape index (κ3) is 3.55. The van der Waals surface area contributed by atoms with E-state index in [1.54, 1.807) is 43.3 Å². The van der Waals surface area contributed by atoms with E-state index in [2.05, 4.69) is 0 Å². The second-order valence-corrected chi connectivity index (χ2v) is 6.80. The Bertz CT molecular complexity index is 1120. The first-order valence-electron chi connectivity index (χ1n) is 8.63. The van der Waals surface area contributed by atoms with Crippen molar-refractivity contribution >= 4 is 29.4 Å². The fourth-order valence-corrected chi connectivity index (χ4v) is 3.21. The number of rotatable bonds is 3. The van der Waals surface area contributed by atoms with Gasteiger partial charge in [-0.05, 0) is 48.4 Å². The highest BCUT2D eigenvalue weighted by Gasteiger charge is 2.30. The number of fused-ring (bicyclic) bond motifs is 1. The van der Waals surface area contributed by atoms with E-state index in [4.69, 9.17) is 21.1 Å². The number of aryl methyl sites for hydroxylation is 1. The Morgan fingerprint density at radius 1 is 1.04 bits per heavy atom. The number of carbonyl (C=O) groups excluding carboxylic acids is 2. The lowest BCUT2D eigenvalue weighted by atomic mass is 10.0. The van der Waals surface area contributed by atoms with Crippen molar-refractivity contribution in [3.05, 3.63) is 99.8 Å². The van der Waals surface area contributed by atoms with Gasteiger partial charge in [-0.25, -0.2) is 4.79 Å². The Hall–Kier alpha value is -3.37. The largest absolute Gasteiger partial charge is 0.452 e. The van der Waals surface area contributed by atoms with Gasteiger partial charge in [-0.3, -0.25) is 4.79 Å². The molecule has 4 rings (SSSR count). The molecule has 5 heteroatoms. The Morgan fingerprint density at radius 3 is 2.57 bits per heavy atom. The van der Waals surface area contributed by atoms with Gasteiger partial charge >= 0.3 is 5.97 Å². The van der Waals surface area contributed by atoms with Crippen molar-refractivity contribution < 1.29 is 19.1 Å². The van der Waals surface area contributed by atoms with Gasteiger partial charge < -0.3 is 9.47 Å². The summed E-state index contributed by atoms with van der Waals surface area (Å²) in [6.45, 7) is 1.78. The van der Waals surface area contributed by atoms with E-state index in [9.17, 15) is 9.59 Å². The van der Waals surface area contributed by atoms with Crippen LogP contribution in [0.15, 0.2) is 72.5 Å². The first-order chi connectivity index (χ1) is 13.5. The van der Waals surface area contributed by atoms with E-state index < -0.39 is 5.97 Å². The van der Waals surface area contributed by atoms with Gasteiger partial charge in [0.15, 0.2) is 5.76 Å². The minimum absolute atomic E-state index is 0.191. The minimum Gasteiger partial charge on any atom is -0.452 e. The molecule has 0 atom stereocenters. The van der Waals surface area contributed by atoms with Gasteiger partial charge in [-0.1, -0.05) is 48.0 Å². The molecule has 0 aliphatic carbocycles. The molecule has 4 nitrogen and oxygen atoms in total. The fraction of sp³-hybridized carbons (Fsp3) is 0.0435. The molecule has 0 saturated carbocycles. The predicted octanol–water partition coefficient (Wildman–Crippen LogP) is 5.48. The molecule has 0 fully saturated rings. The second kappa shape index (κ2) is 7.33. The summed E-state index contributed by atoms with van der Waals surface area (Å²) in [6, 6.07) is 19.2. The van der Waals surface area contributed by atoms with Crippen LogP contribution >= 0.6 is 11.6 Å². The van der Waals surface area contributed by atoms with Gasteiger partial charge in [-0.15, -0.1) is 0 Å². The SMILES string of the molecule is Cc1cc(OC(=O)c2cccc(Cl)c2)cc2c1C(=O)/C(=C/c1ccccc1)O2. The van der Waals surface area contributed by atoms with Crippen molar-refractivity contribution in [3.8, 4) is 11.5 Å². The van der Waals surface area contributed by atoms with Crippen molar-refractivity contribution in [2.45, 2.75) is 6.92 Å². The highest BCUT2D eigenvalue weighted by molar-refractivity contribution is 6.30. The van der Waals surface area contributed by atoms with Gasteiger partial charge in [0.05, 0.1) is 11.1 Å². The van der Waals surface area contributed by atoms with E-state index in [1.807, 2.05) is 30.3 Å². The van der Waals surface area contributed by atoms with E-state index in [0.29, 0.717) is 33.2 Å². The average molecular weight is 391 g/mol. The number of hydrogen-bond donors (Lipinski definition) is 0. The minimum atomic E-state index is -0.536. The van der Waals surface area contributed by atoms with Crippen molar-refractivity contribution in [1.29, 1.82) is 0 Å². The van der Waals surface area contributed by atoms with Crippen molar-refractivity contribution in [2.24, 2.45) is 0 Å². The molecule has 0 spiro atoms. The van der Waals surface area contributed by atoms with Crippen LogP contribution in [0.2, 0.25) is 5.02 Å². The fourth-order valence-electron chi connectivity index (χ4n) is 3.02. The van der Waals surface area contributed by atoms with Gasteiger partial charge in [0.2, 0.25) is 5.78 Å². The number of esters is 1. The van der Waals surface area contributed by atoms with Gasteiger partial charge in [-0.2, -0.15) is 0 Å². The summed E-state index contributed by atoms with van der Waals surface area (Å²) in [5, 5.41) is 0.448. The number of halogens is 1. The zero-order valence-corrected chi connectivity index (χ0v) is 15.7. The quantitative estimate of drug-likeness (QED) is 0.337. The number of allylic oxidation sites excluding steroid dienone is 1. The predicted molar refractivity (Wildman–Crippen MR) is 107 cm³/mol. The maximum Gasteiger partial charge on any atom is 0.343 e. The molecule has 138 valence electrons. The molecule has 0 radical (unpaired) electrons. The molecule has 0 aromatic heterocycles. The van der Waals surface area contributed by atoms with Crippen LogP contribution in [-0.4, -0.2) is 11.8 Å². The third-order valence-corrected chi connectivity index (χ3v) is 4.55. The normalized spacial score (nSPS) is 13.9. The molecule has 0 bridgehead atoms. The van der Waals surface area contributed by atoms with E-state index in [1.165, 1.54) is 6.07 Å². The Kier molecular flexibility index (Phi) is 4.72. The summed E-state index contributed by atoms with van der Waals surface area (Å²) < 4.78 is 11.2. The highest BCUT2D eigenvalue weighted by atomic mass is 35.5. The molecule has 0 N–H and O–H groups in total. The standard InChI is InChI=1S/C23H15ClO4/c1-14-10-18(27-23(26)16-8-5-9-17(24)12-16)13-19-21(14)22(25)20(28-19)11-15-6-3-2-4-7-15/h2-13H,1H3/b20-11-. The van der Waals surface area contributed by atoms with E-state index >= 15 is 0 Å². The van der Waals surface area contributed by atoms with Crippen molar-refractivity contribution in [2.75, 3.05) is 0 Å². The van der Waals surface area contributed by atoms with Crippen LogP contribution in [0, 0.1) is 6.92 Å². The number of ketones is 1. The van der Waals surface area contributed by atoms with Gasteiger partial charge in [0.25, 0.3) is 0 Å². The first-order valence-corrected chi connectivity index (χ1v) is 9.01. The summed E-state index contributed by atoms with van der Waals surface area (Å²) in [5.41, 5.74) is 2.36. The van der Waals surface area contributed by atoms with Crippen LogP contribution in [-0.2, 0) is 0 Å². The van der Waals surface area contributed by atoms with Crippen molar-refractivity contribution in [3.63, 3.8) is 0 Å². The van der Waals surface area contributed by atoms with E-state index in [-0.39, 0.29) is 11.5 Å². The topological polar surface area (TPSA) is 52.6 Å². The first kappa shape index (κ1) is 18.0. The van der Waals surface area contributed by atoms with Crippen LogP contribution in [0.3, 0.4) is 0 Å². The maximum atomic E-state index is 12.7. The smallest absolute Gasteiger partial charge is 0.343 e. The lowest BCUT2D eigenvalue weighted by Gasteiger charge is -2.08. The molecule has 1 aliphatic rings. The van der Waals surface area contributed by atoms with Crippen LogP contribution in [0.25, 0.3) is 6.08 Å². The summed E-state index contributed by atoms with van der Waals surface area (Å²) in [7, 11) is 0. The molecule has 0 saturated heterocycles. The van der Waals surface area contributed by atoms with Crippen LogP contribution in [0.5, 0.6) is 11.5 Å². The number of ether oxygens (including phenoxy) is 2. The molecule has 3 aromatic rings. The van der Waals surface area contributed by atoms with Crippen LogP contribution < -0.4 is 9.47 Å². The van der Waals surface area contributed by atoms with Crippen LogP contribution in [0.4, 0.5) is 0 Å². The monoisotopic (exact) mass is 390 g/mol. The van der Waals surface area contributed by atoms with E-state index in [0.717, 1.165) is 5.56 Å². The summed E-state index contributed by atoms with van der Waals surface area (Å²) in [6.07, 6.45) is 1.69. The lowest BCUT2D eigenvalue weighted by Crippen LogP contribution is -2.08. The molecule has 0 unspecified atom stereocenters. The molecule has 1 aliphatic heterocycles. The Labute approximate surface area is 167 Å². The van der Waals surface area contributed by atoms with Gasteiger partial charge in [0.1, 0.15) is 11.5 Å². The Balaban J connectivity index is 1.61. The molecular weight excluding hydrogens is 376 g/mol. The zero-order valence-electron chi connectivity index (χ0n) is 14.9. The average Bonchev–Trinajstić information content (AvgIpc) is 2.98. The third-order valence-electron chi connectivity index (χ3n) is 4.31. The number of hydrogen-bond acceptors (Lipinski definition) is 4. The summed E-state index contributed by atoms with van der Waals surface area (Å²) in [4.78, 5) is 25.0. The van der Waals surface area contributed by atoms with Crippen LogP contribution in [0.1, 0.15) is 31.8 Å². The second-order valence-electron chi connectivity index (χ2n) is 6.36. The molecule has 0 amide bonds. The Morgan fingerprint density at radius 2 is 1.82 bits per heavy atom. The van der Waals surface area contributed by atoms with Gasteiger partial charge in [0, 0.05) is 11.1 Å². The lowest BCUT2D eigenvalue weighted by molar-refractivity contribution is 0.0734. The number of Topliss-reactive ketones (excluding diaryl/α,β-unsaturated/α-hetero) is 1. The van der Waals surface area contributed by atoms with Crippen molar-refractivity contribution in [1.82, 2.24) is 0 Å². The molecular formula is C23H15ClO4. The maximum absolute atomic E-state index is 12.7. The number of carbonyl (C=O) groups is 2.